The van der Waals surface area contributed by atoms with Crippen molar-refractivity contribution in [2.45, 2.75) is 46.2 Å². The largest absolute Gasteiger partial charge is 0.326 e. The number of hydrogen-bond acceptors (Lipinski definition) is 3. The molecule has 2 N–H and O–H groups in total. The molecule has 1 aromatic heterocycles. The molecular formula is C14H26N4. The molecule has 2 atom stereocenters. The first-order valence-electron chi connectivity index (χ1n) is 6.91. The van der Waals surface area contributed by atoms with E-state index < -0.39 is 0 Å². The molecular weight excluding hydrogens is 224 g/mol. The normalized spacial score (nSPS) is 25.3. The second-order valence-electron chi connectivity index (χ2n) is 5.99. The maximum atomic E-state index is 6.35. The van der Waals surface area contributed by atoms with Crippen molar-refractivity contribution in [2.75, 3.05) is 13.1 Å². The minimum Gasteiger partial charge on any atom is -0.326 e. The molecule has 2 rings (SSSR count). The number of aryl methyl sites for hydroxylation is 2. The monoisotopic (exact) mass is 250 g/mol. The maximum absolute atomic E-state index is 6.35. The van der Waals surface area contributed by atoms with Crippen molar-refractivity contribution in [1.29, 1.82) is 0 Å². The molecule has 0 saturated carbocycles. The van der Waals surface area contributed by atoms with E-state index in [0.717, 1.165) is 25.2 Å². The lowest BCUT2D eigenvalue weighted by atomic mass is 9.98. The molecule has 0 aromatic carbocycles. The average Bonchev–Trinajstić information content (AvgIpc) is 2.71. The van der Waals surface area contributed by atoms with Crippen LogP contribution in [-0.4, -0.2) is 33.8 Å². The lowest BCUT2D eigenvalue weighted by molar-refractivity contribution is 0.220. The second kappa shape index (κ2) is 5.02. The molecule has 18 heavy (non-hydrogen) atoms. The smallest absolute Gasteiger partial charge is 0.0644 e. The van der Waals surface area contributed by atoms with Crippen molar-refractivity contribution in [1.82, 2.24) is 14.7 Å². The van der Waals surface area contributed by atoms with Crippen LogP contribution < -0.4 is 5.73 Å². The van der Waals surface area contributed by atoms with Crippen LogP contribution in [0.1, 0.15) is 43.3 Å². The molecule has 2 heterocycles. The van der Waals surface area contributed by atoms with Crippen LogP contribution in [0, 0.1) is 19.8 Å². The minimum absolute atomic E-state index is 0.241. The van der Waals surface area contributed by atoms with Gasteiger partial charge in [0.15, 0.2) is 0 Å². The Balaban J connectivity index is 2.33. The average molecular weight is 250 g/mol. The zero-order valence-electron chi connectivity index (χ0n) is 12.3. The van der Waals surface area contributed by atoms with E-state index in [1.807, 2.05) is 11.7 Å². The first-order valence-corrected chi connectivity index (χ1v) is 6.91. The number of aromatic nitrogens is 2. The molecule has 1 aliphatic heterocycles. The number of hydrogen-bond donors (Lipinski definition) is 1. The summed E-state index contributed by atoms with van der Waals surface area (Å²) in [5.41, 5.74) is 10.1. The summed E-state index contributed by atoms with van der Waals surface area (Å²) in [4.78, 5) is 2.53. The molecule has 0 aliphatic carbocycles. The van der Waals surface area contributed by atoms with Gasteiger partial charge in [0.1, 0.15) is 0 Å². The van der Waals surface area contributed by atoms with Gasteiger partial charge >= 0.3 is 0 Å². The summed E-state index contributed by atoms with van der Waals surface area (Å²) in [6, 6.07) is 0.589. The Labute approximate surface area is 110 Å². The van der Waals surface area contributed by atoms with Crippen LogP contribution in [0.4, 0.5) is 0 Å². The van der Waals surface area contributed by atoms with Gasteiger partial charge < -0.3 is 5.73 Å². The van der Waals surface area contributed by atoms with Crippen LogP contribution in [0.5, 0.6) is 0 Å². The lowest BCUT2D eigenvalue weighted by Crippen LogP contribution is -2.34. The minimum atomic E-state index is 0.241. The van der Waals surface area contributed by atoms with Crippen LogP contribution in [0.3, 0.4) is 0 Å². The van der Waals surface area contributed by atoms with Gasteiger partial charge in [-0.25, -0.2) is 0 Å². The van der Waals surface area contributed by atoms with Crippen LogP contribution in [0.2, 0.25) is 0 Å². The predicted molar refractivity (Wildman–Crippen MR) is 74.4 cm³/mol. The fourth-order valence-corrected chi connectivity index (χ4v) is 3.17. The third-order valence-electron chi connectivity index (χ3n) is 4.01. The van der Waals surface area contributed by atoms with Crippen LogP contribution in [-0.2, 0) is 7.05 Å². The van der Waals surface area contributed by atoms with Crippen LogP contribution >= 0.6 is 0 Å². The summed E-state index contributed by atoms with van der Waals surface area (Å²) in [6.07, 6.45) is 1.09. The first-order chi connectivity index (χ1) is 8.41. The Morgan fingerprint density at radius 1 is 1.39 bits per heavy atom. The van der Waals surface area contributed by atoms with Gasteiger partial charge in [0, 0.05) is 37.4 Å². The van der Waals surface area contributed by atoms with Crippen molar-refractivity contribution in [3.63, 3.8) is 0 Å². The van der Waals surface area contributed by atoms with Gasteiger partial charge in [0.05, 0.1) is 11.7 Å². The SMILES string of the molecule is Cc1nn(C)c(C)c1C1C(N)CCN1CC(C)C. The van der Waals surface area contributed by atoms with E-state index in [0.29, 0.717) is 12.0 Å². The molecule has 1 saturated heterocycles. The Morgan fingerprint density at radius 3 is 2.56 bits per heavy atom. The Morgan fingerprint density at radius 2 is 2.06 bits per heavy atom. The van der Waals surface area contributed by atoms with Crippen molar-refractivity contribution in [3.8, 4) is 0 Å². The Kier molecular flexibility index (Phi) is 3.78. The quantitative estimate of drug-likeness (QED) is 0.889. The van der Waals surface area contributed by atoms with Crippen molar-refractivity contribution < 1.29 is 0 Å². The van der Waals surface area contributed by atoms with Crippen molar-refractivity contribution in [2.24, 2.45) is 18.7 Å². The van der Waals surface area contributed by atoms with E-state index in [1.165, 1.54) is 11.3 Å². The fourth-order valence-electron chi connectivity index (χ4n) is 3.17. The molecule has 1 aliphatic rings. The molecule has 0 amide bonds. The molecule has 2 unspecified atom stereocenters. The summed E-state index contributed by atoms with van der Waals surface area (Å²) in [7, 11) is 2.01. The van der Waals surface area contributed by atoms with Crippen LogP contribution in [0.25, 0.3) is 0 Å². The van der Waals surface area contributed by atoms with E-state index in [-0.39, 0.29) is 6.04 Å². The van der Waals surface area contributed by atoms with E-state index in [9.17, 15) is 0 Å². The lowest BCUT2D eigenvalue weighted by Gasteiger charge is -2.28. The van der Waals surface area contributed by atoms with E-state index in [4.69, 9.17) is 5.73 Å². The standard InChI is InChI=1S/C14H26N4/c1-9(2)8-18-7-6-12(15)14(18)13-10(3)16-17(5)11(13)4/h9,12,14H,6-8,15H2,1-5H3. The Bertz CT molecular complexity index is 422. The highest BCUT2D eigenvalue weighted by Crippen LogP contribution is 2.35. The molecule has 4 nitrogen and oxygen atoms in total. The maximum Gasteiger partial charge on any atom is 0.0644 e. The highest BCUT2D eigenvalue weighted by atomic mass is 15.3. The summed E-state index contributed by atoms with van der Waals surface area (Å²) in [5.74, 6) is 0.676. The summed E-state index contributed by atoms with van der Waals surface area (Å²) in [6.45, 7) is 11.0. The third kappa shape index (κ3) is 2.31. The molecule has 0 radical (unpaired) electrons. The predicted octanol–water partition coefficient (Wildman–Crippen LogP) is 1.77. The number of rotatable bonds is 3. The van der Waals surface area contributed by atoms with Gasteiger partial charge in [-0.2, -0.15) is 5.10 Å². The first kappa shape index (κ1) is 13.6. The number of nitrogens with two attached hydrogens (primary N) is 1. The number of likely N-dealkylation sites (tertiary alicyclic amines) is 1. The topological polar surface area (TPSA) is 47.1 Å². The zero-order chi connectivity index (χ0) is 13.4. The molecule has 0 bridgehead atoms. The highest BCUT2D eigenvalue weighted by molar-refractivity contribution is 5.30. The van der Waals surface area contributed by atoms with Crippen LogP contribution in [0.15, 0.2) is 0 Å². The van der Waals surface area contributed by atoms with E-state index in [2.05, 4.69) is 37.7 Å². The molecule has 0 spiro atoms. The van der Waals surface area contributed by atoms with E-state index >= 15 is 0 Å². The van der Waals surface area contributed by atoms with Gasteiger partial charge in [0.25, 0.3) is 0 Å². The molecule has 1 aromatic rings. The summed E-state index contributed by atoms with van der Waals surface area (Å²) >= 11 is 0. The second-order valence-corrected chi connectivity index (χ2v) is 5.99. The van der Waals surface area contributed by atoms with Gasteiger partial charge in [-0.15, -0.1) is 0 Å². The summed E-state index contributed by atoms with van der Waals surface area (Å²) < 4.78 is 1.98. The summed E-state index contributed by atoms with van der Waals surface area (Å²) in [5, 5.41) is 4.54. The van der Waals surface area contributed by atoms with Crippen molar-refractivity contribution in [3.05, 3.63) is 17.0 Å². The van der Waals surface area contributed by atoms with E-state index in [1.54, 1.807) is 0 Å². The van der Waals surface area contributed by atoms with Gasteiger partial charge in [0.2, 0.25) is 0 Å². The molecule has 102 valence electrons. The van der Waals surface area contributed by atoms with Crippen molar-refractivity contribution >= 4 is 0 Å². The zero-order valence-corrected chi connectivity index (χ0v) is 12.3. The molecule has 4 heteroatoms. The highest BCUT2D eigenvalue weighted by Gasteiger charge is 2.36. The van der Waals surface area contributed by atoms with Gasteiger partial charge in [-0.1, -0.05) is 13.8 Å². The number of nitrogens with zero attached hydrogens (tertiary/aromatic N) is 3. The van der Waals surface area contributed by atoms with Gasteiger partial charge in [-0.05, 0) is 26.2 Å². The Hall–Kier alpha value is -0.870. The molecule has 1 fully saturated rings. The van der Waals surface area contributed by atoms with Gasteiger partial charge in [-0.3, -0.25) is 9.58 Å². The third-order valence-corrected chi connectivity index (χ3v) is 4.01. The fraction of sp³-hybridized carbons (Fsp3) is 0.786.